The van der Waals surface area contributed by atoms with E-state index < -0.39 is 5.97 Å². The minimum atomic E-state index is -0.414. The van der Waals surface area contributed by atoms with Gasteiger partial charge >= 0.3 is 5.97 Å². The lowest BCUT2D eigenvalue weighted by Gasteiger charge is -2.06. The number of rotatable bonds is 3. The minimum Gasteiger partial charge on any atom is -0.402 e. The fourth-order valence-electron chi connectivity index (χ4n) is 2.65. The number of anilines is 1. The highest BCUT2D eigenvalue weighted by Gasteiger charge is 2.24. The Morgan fingerprint density at radius 2 is 1.84 bits per heavy atom. The number of hydrogen-bond acceptors (Lipinski definition) is 5. The zero-order valence-electron chi connectivity index (χ0n) is 13.9. The summed E-state index contributed by atoms with van der Waals surface area (Å²) < 4.78 is 5.37. The van der Waals surface area contributed by atoms with E-state index in [-0.39, 0.29) is 0 Å². The van der Waals surface area contributed by atoms with Crippen molar-refractivity contribution in [3.8, 4) is 0 Å². The van der Waals surface area contributed by atoms with Crippen LogP contribution in [0.3, 0.4) is 0 Å². The molecular weight excluding hydrogens is 332 g/mol. The van der Waals surface area contributed by atoms with Crippen LogP contribution >= 0.6 is 11.3 Å². The van der Waals surface area contributed by atoms with Crippen molar-refractivity contribution in [2.75, 3.05) is 19.0 Å². The molecule has 25 heavy (non-hydrogen) atoms. The summed E-state index contributed by atoms with van der Waals surface area (Å²) in [6.07, 6.45) is 1.77. The minimum absolute atomic E-state index is 0.329. The van der Waals surface area contributed by atoms with Crippen molar-refractivity contribution in [3.05, 3.63) is 70.7 Å². The molecule has 4 rings (SSSR count). The molecule has 2 aromatic carbocycles. The molecule has 4 nitrogen and oxygen atoms in total. The van der Waals surface area contributed by atoms with Crippen LogP contribution < -0.4 is 4.90 Å². The predicted molar refractivity (Wildman–Crippen MR) is 103 cm³/mol. The lowest BCUT2D eigenvalue weighted by Crippen LogP contribution is -2.05. The molecule has 0 saturated carbocycles. The van der Waals surface area contributed by atoms with Crippen LogP contribution in [0.2, 0.25) is 0 Å². The van der Waals surface area contributed by atoms with E-state index >= 15 is 0 Å². The molecule has 5 heteroatoms. The highest BCUT2D eigenvalue weighted by molar-refractivity contribution is 7.16. The molecule has 1 aliphatic heterocycles. The summed E-state index contributed by atoms with van der Waals surface area (Å²) in [5.74, 6) is -0.0608. The van der Waals surface area contributed by atoms with E-state index in [9.17, 15) is 4.79 Å². The Balaban J connectivity index is 1.67. The van der Waals surface area contributed by atoms with Crippen molar-refractivity contribution in [1.29, 1.82) is 0 Å². The molecule has 0 fully saturated rings. The molecule has 124 valence electrons. The van der Waals surface area contributed by atoms with Gasteiger partial charge in [0.05, 0.1) is 5.00 Å². The fourth-order valence-corrected chi connectivity index (χ4v) is 3.52. The molecular formula is C20H16N2O2S. The molecule has 0 spiro atoms. The van der Waals surface area contributed by atoms with Gasteiger partial charge in [-0.1, -0.05) is 30.3 Å². The summed E-state index contributed by atoms with van der Waals surface area (Å²) >= 11 is 1.60. The monoisotopic (exact) mass is 348 g/mol. The summed E-state index contributed by atoms with van der Waals surface area (Å²) in [6, 6.07) is 18.0. The van der Waals surface area contributed by atoms with Gasteiger partial charge in [-0.05, 0) is 41.1 Å². The Labute approximate surface area is 149 Å². The first kappa shape index (κ1) is 15.6. The molecule has 3 aromatic rings. The smallest absolute Gasteiger partial charge is 0.363 e. The second kappa shape index (κ2) is 6.18. The molecule has 0 atom stereocenters. The van der Waals surface area contributed by atoms with E-state index in [0.29, 0.717) is 11.6 Å². The first-order chi connectivity index (χ1) is 12.1. The molecule has 1 aromatic heterocycles. The first-order valence-corrected chi connectivity index (χ1v) is 8.71. The molecule has 2 heterocycles. The van der Waals surface area contributed by atoms with Crippen LogP contribution in [0, 0.1) is 0 Å². The second-order valence-electron chi connectivity index (χ2n) is 5.97. The number of aliphatic imine (C=N–C) groups is 1. The van der Waals surface area contributed by atoms with Gasteiger partial charge in [0.2, 0.25) is 5.90 Å². The average Bonchev–Trinajstić information content (AvgIpc) is 3.22. The van der Waals surface area contributed by atoms with Crippen molar-refractivity contribution >= 4 is 45.1 Å². The normalized spacial score (nSPS) is 15.5. The molecule has 0 amide bonds. The van der Waals surface area contributed by atoms with Gasteiger partial charge < -0.3 is 9.64 Å². The second-order valence-corrected chi connectivity index (χ2v) is 7.06. The summed E-state index contributed by atoms with van der Waals surface area (Å²) in [5, 5.41) is 3.35. The zero-order valence-corrected chi connectivity index (χ0v) is 14.7. The Hall–Kier alpha value is -2.92. The van der Waals surface area contributed by atoms with Crippen molar-refractivity contribution in [2.24, 2.45) is 4.99 Å². The maximum atomic E-state index is 12.2. The van der Waals surface area contributed by atoms with Crippen molar-refractivity contribution in [1.82, 2.24) is 0 Å². The summed E-state index contributed by atoms with van der Waals surface area (Å²) in [5.41, 5.74) is 1.13. The number of cyclic esters (lactones) is 1. The van der Waals surface area contributed by atoms with Crippen LogP contribution in [-0.4, -0.2) is 26.0 Å². The van der Waals surface area contributed by atoms with Crippen LogP contribution in [0.5, 0.6) is 0 Å². The number of ether oxygens (including phenoxy) is 1. The number of fused-ring (bicyclic) bond motifs is 1. The molecule has 0 N–H and O–H groups in total. The number of esters is 1. The lowest BCUT2D eigenvalue weighted by molar-refractivity contribution is -0.129. The van der Waals surface area contributed by atoms with Gasteiger partial charge in [0.1, 0.15) is 0 Å². The van der Waals surface area contributed by atoms with Crippen molar-refractivity contribution in [3.63, 3.8) is 0 Å². The number of carbonyl (C=O) groups excluding carboxylic acids is 1. The fraction of sp³-hybridized carbons (Fsp3) is 0.100. The number of hydrogen-bond donors (Lipinski definition) is 0. The van der Waals surface area contributed by atoms with E-state index in [1.807, 2.05) is 73.6 Å². The molecule has 0 saturated heterocycles. The third-order valence-corrected chi connectivity index (χ3v) is 5.15. The Bertz CT molecular complexity index is 1030. The zero-order chi connectivity index (χ0) is 17.4. The Morgan fingerprint density at radius 3 is 2.60 bits per heavy atom. The van der Waals surface area contributed by atoms with E-state index in [1.165, 1.54) is 0 Å². The molecule has 0 bridgehead atoms. The topological polar surface area (TPSA) is 41.9 Å². The van der Waals surface area contributed by atoms with Crippen LogP contribution in [-0.2, 0) is 9.53 Å². The van der Waals surface area contributed by atoms with E-state index in [2.05, 4.69) is 4.99 Å². The first-order valence-electron chi connectivity index (χ1n) is 7.89. The Morgan fingerprint density at radius 1 is 1.04 bits per heavy atom. The maximum absolute atomic E-state index is 12.2. The number of thiophene rings is 1. The molecule has 0 aliphatic carbocycles. The van der Waals surface area contributed by atoms with Crippen molar-refractivity contribution < 1.29 is 9.53 Å². The molecule has 1 aliphatic rings. The van der Waals surface area contributed by atoms with E-state index in [4.69, 9.17) is 4.74 Å². The van der Waals surface area contributed by atoms with E-state index in [0.717, 1.165) is 26.2 Å². The van der Waals surface area contributed by atoms with Gasteiger partial charge in [-0.3, -0.25) is 0 Å². The van der Waals surface area contributed by atoms with Crippen LogP contribution in [0.25, 0.3) is 16.8 Å². The SMILES string of the molecule is CN(C)c1ccc(/C=C2/N=C(c3ccc4ccccc4c3)OC2=O)s1. The van der Waals surface area contributed by atoms with Gasteiger partial charge in [-0.25, -0.2) is 9.79 Å². The third-order valence-electron chi connectivity index (χ3n) is 3.95. The van der Waals surface area contributed by atoms with Crippen molar-refractivity contribution in [2.45, 2.75) is 0 Å². The number of nitrogens with zero attached hydrogens (tertiary/aromatic N) is 2. The van der Waals surface area contributed by atoms with Gasteiger partial charge in [-0.15, -0.1) is 11.3 Å². The molecule has 0 radical (unpaired) electrons. The summed E-state index contributed by atoms with van der Waals surface area (Å²) in [6.45, 7) is 0. The molecule has 0 unspecified atom stereocenters. The van der Waals surface area contributed by atoms with Crippen LogP contribution in [0.4, 0.5) is 5.00 Å². The predicted octanol–water partition coefficient (Wildman–Crippen LogP) is 4.31. The number of benzene rings is 2. The van der Waals surface area contributed by atoms with Gasteiger partial charge in [0.15, 0.2) is 5.70 Å². The summed E-state index contributed by atoms with van der Waals surface area (Å²) in [4.78, 5) is 19.6. The highest BCUT2D eigenvalue weighted by Crippen LogP contribution is 2.28. The van der Waals surface area contributed by atoms with Crippen LogP contribution in [0.1, 0.15) is 10.4 Å². The standard InChI is InChI=1S/C20H16N2O2S/c1-22(2)18-10-9-16(25-18)12-17-20(23)24-19(21-17)15-8-7-13-5-3-4-6-14(13)11-15/h3-12H,1-2H3/b17-12+. The van der Waals surface area contributed by atoms with E-state index in [1.54, 1.807) is 17.4 Å². The Kier molecular flexibility index (Phi) is 3.86. The average molecular weight is 348 g/mol. The third kappa shape index (κ3) is 3.06. The van der Waals surface area contributed by atoms with Gasteiger partial charge in [0, 0.05) is 24.5 Å². The summed E-state index contributed by atoms with van der Waals surface area (Å²) in [7, 11) is 3.98. The maximum Gasteiger partial charge on any atom is 0.363 e. The largest absolute Gasteiger partial charge is 0.402 e. The highest BCUT2D eigenvalue weighted by atomic mass is 32.1. The quantitative estimate of drug-likeness (QED) is 0.523. The number of carbonyl (C=O) groups is 1. The van der Waals surface area contributed by atoms with Gasteiger partial charge in [-0.2, -0.15) is 0 Å². The lowest BCUT2D eigenvalue weighted by atomic mass is 10.1. The van der Waals surface area contributed by atoms with Crippen LogP contribution in [0.15, 0.2) is 65.3 Å². The van der Waals surface area contributed by atoms with Gasteiger partial charge in [0.25, 0.3) is 0 Å².